The monoisotopic (exact) mass is 273 g/mol. The molecule has 102 valence electrons. The van der Waals surface area contributed by atoms with Gasteiger partial charge in [0, 0.05) is 27.4 Å². The summed E-state index contributed by atoms with van der Waals surface area (Å²) in [6, 6.07) is 12.6. The van der Waals surface area contributed by atoms with Gasteiger partial charge in [0.2, 0.25) is 0 Å². The van der Waals surface area contributed by atoms with E-state index in [2.05, 4.69) is 48.3 Å². The predicted molar refractivity (Wildman–Crippen MR) is 87.5 cm³/mol. The van der Waals surface area contributed by atoms with E-state index in [9.17, 15) is 0 Å². The Morgan fingerprint density at radius 1 is 1.10 bits per heavy atom. The van der Waals surface area contributed by atoms with Crippen LogP contribution in [0.2, 0.25) is 0 Å². The van der Waals surface area contributed by atoms with Crippen molar-refractivity contribution in [3.63, 3.8) is 0 Å². The zero-order valence-corrected chi connectivity index (χ0v) is 11.8. The summed E-state index contributed by atoms with van der Waals surface area (Å²) in [5.74, 6) is 0.580. The lowest BCUT2D eigenvalue weighted by Gasteiger charge is -2.11. The Hall–Kier alpha value is -2.48. The van der Waals surface area contributed by atoms with Crippen LogP contribution in [0.5, 0.6) is 0 Å². The molecule has 0 saturated carbocycles. The fourth-order valence-corrected chi connectivity index (χ4v) is 3.55. The molecule has 1 N–H and O–H groups in total. The number of aromatic nitrogens is 1. The van der Waals surface area contributed by atoms with Crippen molar-refractivity contribution < 1.29 is 4.42 Å². The van der Waals surface area contributed by atoms with Crippen LogP contribution in [0.15, 0.2) is 46.9 Å². The van der Waals surface area contributed by atoms with Gasteiger partial charge in [-0.05, 0) is 42.2 Å². The van der Waals surface area contributed by atoms with Crippen LogP contribution in [-0.4, -0.2) is 4.98 Å². The number of nitrogens with one attached hydrogen (secondary N) is 1. The van der Waals surface area contributed by atoms with E-state index in [1.165, 1.54) is 32.9 Å². The summed E-state index contributed by atoms with van der Waals surface area (Å²) >= 11 is 0. The minimum atomic E-state index is 0.580. The standard InChI is InChI=1S/C19H15NO/c1-11-6-8-15-14(10-11)18-16(20-15)9-7-13-12-4-2-3-5-17(12)21-19(13)18/h2-9,11,20H,10H2,1H3. The van der Waals surface area contributed by atoms with Gasteiger partial charge in [-0.2, -0.15) is 0 Å². The van der Waals surface area contributed by atoms with Gasteiger partial charge in [0.15, 0.2) is 0 Å². The van der Waals surface area contributed by atoms with Gasteiger partial charge in [0.05, 0.1) is 0 Å². The number of rotatable bonds is 0. The molecule has 0 aliphatic heterocycles. The second-order valence-electron chi connectivity index (χ2n) is 6.02. The van der Waals surface area contributed by atoms with E-state index >= 15 is 0 Å². The molecule has 4 aromatic rings. The number of hydrogen-bond acceptors (Lipinski definition) is 1. The molecule has 0 amide bonds. The molecular formula is C19H15NO. The second-order valence-corrected chi connectivity index (χ2v) is 6.02. The zero-order valence-electron chi connectivity index (χ0n) is 11.8. The highest BCUT2D eigenvalue weighted by molar-refractivity contribution is 6.16. The highest BCUT2D eigenvalue weighted by Crippen LogP contribution is 2.38. The highest BCUT2D eigenvalue weighted by Gasteiger charge is 2.20. The number of aromatic amines is 1. The smallest absolute Gasteiger partial charge is 0.145 e. The van der Waals surface area contributed by atoms with Crippen molar-refractivity contribution in [2.75, 3.05) is 0 Å². The Kier molecular flexibility index (Phi) is 2.02. The van der Waals surface area contributed by atoms with Crippen molar-refractivity contribution in [2.24, 2.45) is 5.92 Å². The molecule has 0 fully saturated rings. The van der Waals surface area contributed by atoms with Crippen LogP contribution < -0.4 is 0 Å². The second kappa shape index (κ2) is 3.79. The largest absolute Gasteiger partial charge is 0.455 e. The Morgan fingerprint density at radius 3 is 2.95 bits per heavy atom. The van der Waals surface area contributed by atoms with Crippen molar-refractivity contribution >= 4 is 38.9 Å². The summed E-state index contributed by atoms with van der Waals surface area (Å²) in [6.07, 6.45) is 5.55. The average molecular weight is 273 g/mol. The Bertz CT molecular complexity index is 1030. The molecule has 1 aliphatic rings. The first-order valence-corrected chi connectivity index (χ1v) is 7.44. The van der Waals surface area contributed by atoms with Crippen LogP contribution in [0.4, 0.5) is 0 Å². The van der Waals surface area contributed by atoms with Crippen LogP contribution in [0.1, 0.15) is 18.2 Å². The van der Waals surface area contributed by atoms with Gasteiger partial charge in [0.25, 0.3) is 0 Å². The van der Waals surface area contributed by atoms with Gasteiger partial charge in [0.1, 0.15) is 11.2 Å². The Labute approximate surface area is 122 Å². The maximum Gasteiger partial charge on any atom is 0.145 e. The highest BCUT2D eigenvalue weighted by atomic mass is 16.3. The SMILES string of the molecule is CC1C=Cc2[nH]c3ccc4c5ccccc5oc4c3c2C1. The lowest BCUT2D eigenvalue weighted by molar-refractivity contribution is 0.671. The van der Waals surface area contributed by atoms with Gasteiger partial charge >= 0.3 is 0 Å². The molecule has 1 unspecified atom stereocenters. The summed E-state index contributed by atoms with van der Waals surface area (Å²) in [7, 11) is 0. The number of fused-ring (bicyclic) bond motifs is 7. The molecule has 0 spiro atoms. The van der Waals surface area contributed by atoms with Crippen molar-refractivity contribution in [1.82, 2.24) is 4.98 Å². The normalized spacial score (nSPS) is 17.9. The summed E-state index contributed by atoms with van der Waals surface area (Å²) < 4.78 is 6.18. The summed E-state index contributed by atoms with van der Waals surface area (Å²) in [5, 5.41) is 3.67. The van der Waals surface area contributed by atoms with Gasteiger partial charge in [-0.3, -0.25) is 0 Å². The van der Waals surface area contributed by atoms with Gasteiger partial charge in [-0.1, -0.05) is 31.2 Å². The molecule has 2 nitrogen and oxygen atoms in total. The number of hydrogen-bond donors (Lipinski definition) is 1. The predicted octanol–water partition coefficient (Wildman–Crippen LogP) is 5.27. The van der Waals surface area contributed by atoms with Crippen LogP contribution in [0.25, 0.3) is 38.9 Å². The Morgan fingerprint density at radius 2 is 2.00 bits per heavy atom. The molecule has 1 aliphatic carbocycles. The molecule has 0 radical (unpaired) electrons. The molecular weight excluding hydrogens is 258 g/mol. The number of H-pyrrole nitrogens is 1. The van der Waals surface area contributed by atoms with E-state index < -0.39 is 0 Å². The van der Waals surface area contributed by atoms with E-state index in [4.69, 9.17) is 4.42 Å². The van der Waals surface area contributed by atoms with Gasteiger partial charge in [-0.15, -0.1) is 0 Å². The fraction of sp³-hybridized carbons (Fsp3) is 0.158. The third-order valence-corrected chi connectivity index (χ3v) is 4.56. The number of para-hydroxylation sites is 1. The van der Waals surface area contributed by atoms with E-state index in [1.807, 2.05) is 12.1 Å². The molecule has 2 aromatic carbocycles. The molecule has 1 atom stereocenters. The molecule has 2 aromatic heterocycles. The minimum absolute atomic E-state index is 0.580. The van der Waals surface area contributed by atoms with E-state index in [0.29, 0.717) is 5.92 Å². The topological polar surface area (TPSA) is 28.9 Å². The fourth-order valence-electron chi connectivity index (χ4n) is 3.55. The van der Waals surface area contributed by atoms with Crippen LogP contribution in [0, 0.1) is 5.92 Å². The van der Waals surface area contributed by atoms with Crippen LogP contribution in [0.3, 0.4) is 0 Å². The van der Waals surface area contributed by atoms with Crippen molar-refractivity contribution in [2.45, 2.75) is 13.3 Å². The van der Waals surface area contributed by atoms with E-state index in [0.717, 1.165) is 17.6 Å². The van der Waals surface area contributed by atoms with Crippen LogP contribution >= 0.6 is 0 Å². The number of benzene rings is 2. The third kappa shape index (κ3) is 1.42. The van der Waals surface area contributed by atoms with Crippen molar-refractivity contribution in [3.05, 3.63) is 53.7 Å². The van der Waals surface area contributed by atoms with E-state index in [-0.39, 0.29) is 0 Å². The molecule has 5 rings (SSSR count). The lowest BCUT2D eigenvalue weighted by atomic mass is 9.93. The quantitative estimate of drug-likeness (QED) is 0.464. The average Bonchev–Trinajstić information content (AvgIpc) is 3.04. The molecule has 0 saturated heterocycles. The summed E-state index contributed by atoms with van der Waals surface area (Å²) in [4.78, 5) is 3.53. The van der Waals surface area contributed by atoms with E-state index in [1.54, 1.807) is 0 Å². The lowest BCUT2D eigenvalue weighted by Crippen LogP contribution is -2.01. The molecule has 2 heteroatoms. The zero-order chi connectivity index (χ0) is 14.0. The number of allylic oxidation sites excluding steroid dienone is 1. The first-order chi connectivity index (χ1) is 10.3. The molecule has 21 heavy (non-hydrogen) atoms. The van der Waals surface area contributed by atoms with Crippen molar-refractivity contribution in [3.8, 4) is 0 Å². The van der Waals surface area contributed by atoms with Crippen molar-refractivity contribution in [1.29, 1.82) is 0 Å². The first kappa shape index (κ1) is 11.2. The maximum absolute atomic E-state index is 6.18. The molecule has 0 bridgehead atoms. The first-order valence-electron chi connectivity index (χ1n) is 7.44. The van der Waals surface area contributed by atoms with Crippen LogP contribution in [-0.2, 0) is 6.42 Å². The minimum Gasteiger partial charge on any atom is -0.455 e. The number of furan rings is 1. The van der Waals surface area contributed by atoms with Gasteiger partial charge in [-0.25, -0.2) is 0 Å². The van der Waals surface area contributed by atoms with Gasteiger partial charge < -0.3 is 9.40 Å². The summed E-state index contributed by atoms with van der Waals surface area (Å²) in [5.41, 5.74) is 5.79. The summed E-state index contributed by atoms with van der Waals surface area (Å²) in [6.45, 7) is 2.26. The Balaban J connectivity index is 2.00. The third-order valence-electron chi connectivity index (χ3n) is 4.56. The molecule has 2 heterocycles. The maximum atomic E-state index is 6.18.